The number of carbonyl (C=O) groups is 1. The van der Waals surface area contributed by atoms with E-state index in [-0.39, 0.29) is 11.9 Å². The number of amides is 1. The smallest absolute Gasteiger partial charge is 0.272 e. The summed E-state index contributed by atoms with van der Waals surface area (Å²) in [6, 6.07) is 23.5. The molecule has 30 heavy (non-hydrogen) atoms. The molecule has 2 aromatic carbocycles. The Morgan fingerprint density at radius 2 is 1.73 bits per heavy atom. The van der Waals surface area contributed by atoms with Crippen LogP contribution in [0.15, 0.2) is 79.0 Å². The first kappa shape index (κ1) is 18.2. The standard InChI is InChI=1S/C24H21N5O/c30-24(21-12-6-7-14-25-21)29-15-13-18(16-29)26-23-19-10-4-5-11-20(19)27-22(28-23)17-8-2-1-3-9-17/h1-12,14,18H,13,15-16H2,(H,26,27,28)/t18-/m0/s1. The number of aromatic nitrogens is 3. The van der Waals surface area contributed by atoms with Crippen LogP contribution in [-0.2, 0) is 0 Å². The van der Waals surface area contributed by atoms with Crippen LogP contribution in [0.5, 0.6) is 0 Å². The van der Waals surface area contributed by atoms with Crippen molar-refractivity contribution >= 4 is 22.6 Å². The quantitative estimate of drug-likeness (QED) is 0.565. The first-order chi connectivity index (χ1) is 14.8. The molecular weight excluding hydrogens is 374 g/mol. The molecule has 0 saturated carbocycles. The minimum Gasteiger partial charge on any atom is -0.365 e. The number of nitrogens with zero attached hydrogens (tertiary/aromatic N) is 4. The van der Waals surface area contributed by atoms with Crippen molar-refractivity contribution < 1.29 is 4.79 Å². The molecule has 1 amide bonds. The van der Waals surface area contributed by atoms with Gasteiger partial charge in [-0.05, 0) is 30.7 Å². The summed E-state index contributed by atoms with van der Waals surface area (Å²) in [6.45, 7) is 1.32. The molecule has 1 aliphatic rings. The number of hydrogen-bond donors (Lipinski definition) is 1. The van der Waals surface area contributed by atoms with E-state index in [1.807, 2.05) is 71.6 Å². The van der Waals surface area contributed by atoms with Crippen LogP contribution in [0.4, 0.5) is 5.82 Å². The molecule has 148 valence electrons. The van der Waals surface area contributed by atoms with Crippen molar-refractivity contribution in [3.63, 3.8) is 0 Å². The molecule has 2 aromatic heterocycles. The highest BCUT2D eigenvalue weighted by molar-refractivity contribution is 5.93. The van der Waals surface area contributed by atoms with E-state index < -0.39 is 0 Å². The van der Waals surface area contributed by atoms with Crippen LogP contribution in [0.2, 0.25) is 0 Å². The van der Waals surface area contributed by atoms with Gasteiger partial charge >= 0.3 is 0 Å². The van der Waals surface area contributed by atoms with E-state index in [4.69, 9.17) is 9.97 Å². The number of carbonyl (C=O) groups excluding carboxylic acids is 1. The Labute approximate surface area is 174 Å². The molecule has 1 saturated heterocycles. The second kappa shape index (κ2) is 7.91. The summed E-state index contributed by atoms with van der Waals surface area (Å²) < 4.78 is 0. The maximum absolute atomic E-state index is 12.7. The zero-order valence-corrected chi connectivity index (χ0v) is 16.4. The number of fused-ring (bicyclic) bond motifs is 1. The fourth-order valence-corrected chi connectivity index (χ4v) is 3.81. The lowest BCUT2D eigenvalue weighted by Crippen LogP contribution is -2.32. The second-order valence-electron chi connectivity index (χ2n) is 7.38. The second-order valence-corrected chi connectivity index (χ2v) is 7.38. The van der Waals surface area contributed by atoms with Crippen molar-refractivity contribution in [1.82, 2.24) is 19.9 Å². The Morgan fingerprint density at radius 3 is 2.57 bits per heavy atom. The van der Waals surface area contributed by atoms with Gasteiger partial charge in [0.05, 0.1) is 5.52 Å². The van der Waals surface area contributed by atoms with Crippen LogP contribution >= 0.6 is 0 Å². The predicted octanol–water partition coefficient (Wildman–Crippen LogP) is 4.02. The summed E-state index contributed by atoms with van der Waals surface area (Å²) in [5.41, 5.74) is 2.36. The highest BCUT2D eigenvalue weighted by Crippen LogP contribution is 2.26. The van der Waals surface area contributed by atoms with Gasteiger partial charge in [-0.3, -0.25) is 9.78 Å². The fourth-order valence-electron chi connectivity index (χ4n) is 3.81. The third-order valence-electron chi connectivity index (χ3n) is 5.34. The number of nitrogens with one attached hydrogen (secondary N) is 1. The Kier molecular flexibility index (Phi) is 4.81. The number of anilines is 1. The van der Waals surface area contributed by atoms with Gasteiger partial charge in [-0.15, -0.1) is 0 Å². The summed E-state index contributed by atoms with van der Waals surface area (Å²) in [5, 5.41) is 4.54. The van der Waals surface area contributed by atoms with Gasteiger partial charge in [0, 0.05) is 36.3 Å². The van der Waals surface area contributed by atoms with Gasteiger partial charge in [0.2, 0.25) is 0 Å². The molecule has 1 fully saturated rings. The van der Waals surface area contributed by atoms with Gasteiger partial charge in [0.15, 0.2) is 5.82 Å². The average molecular weight is 395 g/mol. The summed E-state index contributed by atoms with van der Waals surface area (Å²) in [4.78, 5) is 28.3. The molecule has 0 spiro atoms. The molecule has 5 rings (SSSR count). The normalized spacial score (nSPS) is 16.0. The number of rotatable bonds is 4. The van der Waals surface area contributed by atoms with Crippen LogP contribution < -0.4 is 5.32 Å². The molecule has 6 heteroatoms. The Morgan fingerprint density at radius 1 is 0.933 bits per heavy atom. The molecule has 4 aromatic rings. The Hall–Kier alpha value is -3.80. The van der Waals surface area contributed by atoms with Crippen molar-refractivity contribution in [1.29, 1.82) is 0 Å². The van der Waals surface area contributed by atoms with Crippen molar-refractivity contribution in [3.05, 3.63) is 84.7 Å². The number of likely N-dealkylation sites (tertiary alicyclic amines) is 1. The number of pyridine rings is 1. The topological polar surface area (TPSA) is 71.0 Å². The molecule has 1 N–H and O–H groups in total. The maximum Gasteiger partial charge on any atom is 0.272 e. The van der Waals surface area contributed by atoms with Crippen LogP contribution in [0.1, 0.15) is 16.9 Å². The molecule has 1 atom stereocenters. The molecule has 0 unspecified atom stereocenters. The largest absolute Gasteiger partial charge is 0.365 e. The predicted molar refractivity (Wildman–Crippen MR) is 117 cm³/mol. The van der Waals surface area contributed by atoms with E-state index in [9.17, 15) is 4.79 Å². The SMILES string of the molecule is O=C(c1ccccn1)N1CC[C@H](Nc2nc(-c3ccccc3)nc3ccccc23)C1. The lowest BCUT2D eigenvalue weighted by molar-refractivity contribution is 0.0786. The highest BCUT2D eigenvalue weighted by atomic mass is 16.2. The van der Waals surface area contributed by atoms with Crippen LogP contribution in [0.25, 0.3) is 22.3 Å². The van der Waals surface area contributed by atoms with E-state index in [0.29, 0.717) is 24.6 Å². The zero-order valence-electron chi connectivity index (χ0n) is 16.4. The molecule has 3 heterocycles. The van der Waals surface area contributed by atoms with Gasteiger partial charge in [-0.1, -0.05) is 48.5 Å². The summed E-state index contributed by atoms with van der Waals surface area (Å²) in [5.74, 6) is 1.46. The lowest BCUT2D eigenvalue weighted by atomic mass is 10.1. The number of benzene rings is 2. The van der Waals surface area contributed by atoms with Crippen LogP contribution in [0.3, 0.4) is 0 Å². The van der Waals surface area contributed by atoms with Crippen LogP contribution in [-0.4, -0.2) is 44.9 Å². The molecular formula is C24H21N5O. The minimum absolute atomic E-state index is 0.0302. The van der Waals surface area contributed by atoms with Gasteiger partial charge in [0.1, 0.15) is 11.5 Å². The van der Waals surface area contributed by atoms with Crippen molar-refractivity contribution in [2.45, 2.75) is 12.5 Å². The van der Waals surface area contributed by atoms with E-state index in [1.54, 1.807) is 12.3 Å². The lowest BCUT2D eigenvalue weighted by Gasteiger charge is -2.18. The third-order valence-corrected chi connectivity index (χ3v) is 5.34. The Balaban J connectivity index is 1.41. The molecule has 0 aliphatic carbocycles. The average Bonchev–Trinajstić information content (AvgIpc) is 3.28. The van der Waals surface area contributed by atoms with Gasteiger partial charge in [-0.25, -0.2) is 9.97 Å². The zero-order chi connectivity index (χ0) is 20.3. The third kappa shape index (κ3) is 3.59. The highest BCUT2D eigenvalue weighted by Gasteiger charge is 2.28. The van der Waals surface area contributed by atoms with Crippen molar-refractivity contribution in [3.8, 4) is 11.4 Å². The minimum atomic E-state index is -0.0302. The van der Waals surface area contributed by atoms with E-state index in [2.05, 4.69) is 10.3 Å². The summed E-state index contributed by atoms with van der Waals surface area (Å²) >= 11 is 0. The molecule has 1 aliphatic heterocycles. The molecule has 0 radical (unpaired) electrons. The van der Waals surface area contributed by atoms with E-state index in [1.165, 1.54) is 0 Å². The summed E-state index contributed by atoms with van der Waals surface area (Å²) in [6.07, 6.45) is 2.51. The first-order valence-electron chi connectivity index (χ1n) is 10.1. The maximum atomic E-state index is 12.7. The van der Waals surface area contributed by atoms with Gasteiger partial charge in [0.25, 0.3) is 5.91 Å². The van der Waals surface area contributed by atoms with Crippen LogP contribution in [0, 0.1) is 0 Å². The molecule has 0 bridgehead atoms. The molecule has 6 nitrogen and oxygen atoms in total. The number of para-hydroxylation sites is 1. The van der Waals surface area contributed by atoms with Crippen molar-refractivity contribution in [2.75, 3.05) is 18.4 Å². The van der Waals surface area contributed by atoms with Crippen molar-refractivity contribution in [2.24, 2.45) is 0 Å². The number of hydrogen-bond acceptors (Lipinski definition) is 5. The van der Waals surface area contributed by atoms with E-state index >= 15 is 0 Å². The first-order valence-corrected chi connectivity index (χ1v) is 10.1. The van der Waals surface area contributed by atoms with Gasteiger partial charge < -0.3 is 10.2 Å². The monoisotopic (exact) mass is 395 g/mol. The fraction of sp³-hybridized carbons (Fsp3) is 0.167. The Bertz CT molecular complexity index is 1180. The van der Waals surface area contributed by atoms with Gasteiger partial charge in [-0.2, -0.15) is 0 Å². The van der Waals surface area contributed by atoms with E-state index in [0.717, 1.165) is 28.7 Å². The summed E-state index contributed by atoms with van der Waals surface area (Å²) in [7, 11) is 0.